The Balaban J connectivity index is 1.88. The van der Waals surface area contributed by atoms with E-state index in [2.05, 4.69) is 11.4 Å². The lowest BCUT2D eigenvalue weighted by atomic mass is 10.1. The van der Waals surface area contributed by atoms with Gasteiger partial charge in [-0.05, 0) is 52.0 Å². The molecule has 2 heterocycles. The SMILES string of the molecule is N#Cc1cccc(C(=O)NC(c2ccsc2)c2cccs2)c1. The largest absolute Gasteiger partial charge is 0.340 e. The maximum absolute atomic E-state index is 12.5. The number of thiophene rings is 2. The summed E-state index contributed by atoms with van der Waals surface area (Å²) in [5.41, 5.74) is 2.05. The van der Waals surface area contributed by atoms with E-state index in [1.165, 1.54) is 0 Å². The Kier molecular flexibility index (Phi) is 4.33. The van der Waals surface area contributed by atoms with E-state index in [-0.39, 0.29) is 11.9 Å². The second kappa shape index (κ2) is 6.56. The Hall–Kier alpha value is -2.42. The van der Waals surface area contributed by atoms with Crippen LogP contribution in [0.25, 0.3) is 0 Å². The molecular weight excluding hydrogens is 312 g/mol. The average molecular weight is 324 g/mol. The Labute approximate surface area is 136 Å². The molecule has 0 spiro atoms. The minimum absolute atomic E-state index is 0.163. The Bertz CT molecular complexity index is 767. The third-order valence-corrected chi connectivity index (χ3v) is 4.87. The standard InChI is InChI=1S/C17H12N2OS2/c18-10-12-3-1-4-13(9-12)17(20)19-16(14-6-8-21-11-14)15-5-2-7-22-15/h1-9,11,16H,(H,19,20). The monoisotopic (exact) mass is 324 g/mol. The van der Waals surface area contributed by atoms with Crippen molar-refractivity contribution in [2.24, 2.45) is 0 Å². The number of nitrogens with zero attached hydrogens (tertiary/aromatic N) is 1. The molecule has 22 heavy (non-hydrogen) atoms. The van der Waals surface area contributed by atoms with E-state index in [1.807, 2.05) is 34.3 Å². The molecule has 1 aromatic carbocycles. The molecule has 0 saturated heterocycles. The number of nitriles is 1. The zero-order valence-electron chi connectivity index (χ0n) is 11.5. The lowest BCUT2D eigenvalue weighted by Gasteiger charge is -2.16. The van der Waals surface area contributed by atoms with Crippen LogP contribution in [0.3, 0.4) is 0 Å². The van der Waals surface area contributed by atoms with E-state index in [9.17, 15) is 4.79 Å². The summed E-state index contributed by atoms with van der Waals surface area (Å²) in [5, 5.41) is 18.0. The summed E-state index contributed by atoms with van der Waals surface area (Å²) in [5.74, 6) is -0.179. The third-order valence-electron chi connectivity index (χ3n) is 3.23. The van der Waals surface area contributed by atoms with Crippen LogP contribution in [0.4, 0.5) is 0 Å². The lowest BCUT2D eigenvalue weighted by Crippen LogP contribution is -2.28. The fourth-order valence-electron chi connectivity index (χ4n) is 2.16. The van der Waals surface area contributed by atoms with Crippen LogP contribution in [0.1, 0.15) is 32.4 Å². The van der Waals surface area contributed by atoms with E-state index in [0.29, 0.717) is 11.1 Å². The Morgan fingerprint density at radius 1 is 1.18 bits per heavy atom. The van der Waals surface area contributed by atoms with E-state index in [1.54, 1.807) is 46.9 Å². The number of hydrogen-bond donors (Lipinski definition) is 1. The van der Waals surface area contributed by atoms with Crippen LogP contribution < -0.4 is 5.32 Å². The molecule has 0 aliphatic heterocycles. The van der Waals surface area contributed by atoms with E-state index in [4.69, 9.17) is 5.26 Å². The summed E-state index contributed by atoms with van der Waals surface area (Å²) in [4.78, 5) is 13.6. The minimum atomic E-state index is -0.179. The number of carbonyl (C=O) groups is 1. The van der Waals surface area contributed by atoms with Crippen molar-refractivity contribution in [2.45, 2.75) is 6.04 Å². The maximum Gasteiger partial charge on any atom is 0.252 e. The minimum Gasteiger partial charge on any atom is -0.340 e. The molecule has 0 bridgehead atoms. The zero-order chi connectivity index (χ0) is 15.4. The predicted octanol–water partition coefficient (Wildman–Crippen LogP) is 4.20. The van der Waals surface area contributed by atoms with Crippen LogP contribution in [0.15, 0.2) is 58.6 Å². The van der Waals surface area contributed by atoms with Gasteiger partial charge in [-0.3, -0.25) is 4.79 Å². The second-order valence-electron chi connectivity index (χ2n) is 4.67. The molecule has 3 aromatic rings. The van der Waals surface area contributed by atoms with Crippen LogP contribution >= 0.6 is 22.7 Å². The molecule has 3 nitrogen and oxygen atoms in total. The first-order valence-electron chi connectivity index (χ1n) is 6.64. The highest BCUT2D eigenvalue weighted by Crippen LogP contribution is 2.27. The predicted molar refractivity (Wildman–Crippen MR) is 89.1 cm³/mol. The van der Waals surface area contributed by atoms with E-state index < -0.39 is 0 Å². The first-order valence-corrected chi connectivity index (χ1v) is 8.46. The average Bonchev–Trinajstić information content (AvgIpc) is 3.26. The molecule has 0 aliphatic rings. The molecule has 3 rings (SSSR count). The molecule has 1 amide bonds. The fraction of sp³-hybridized carbons (Fsp3) is 0.0588. The highest BCUT2D eigenvalue weighted by Gasteiger charge is 2.19. The maximum atomic E-state index is 12.5. The van der Waals surface area contributed by atoms with E-state index in [0.717, 1.165) is 10.4 Å². The van der Waals surface area contributed by atoms with Gasteiger partial charge in [0.25, 0.3) is 5.91 Å². The fourth-order valence-corrected chi connectivity index (χ4v) is 3.65. The van der Waals surface area contributed by atoms with Crippen LogP contribution in [0.2, 0.25) is 0 Å². The van der Waals surface area contributed by atoms with Crippen LogP contribution in [-0.2, 0) is 0 Å². The quantitative estimate of drug-likeness (QED) is 0.782. The molecular formula is C17H12N2OS2. The smallest absolute Gasteiger partial charge is 0.252 e. The van der Waals surface area contributed by atoms with Gasteiger partial charge >= 0.3 is 0 Å². The van der Waals surface area contributed by atoms with Gasteiger partial charge in [0.1, 0.15) is 0 Å². The van der Waals surface area contributed by atoms with Crippen molar-refractivity contribution in [2.75, 3.05) is 0 Å². The molecule has 0 saturated carbocycles. The van der Waals surface area contributed by atoms with Crippen molar-refractivity contribution in [3.8, 4) is 6.07 Å². The highest BCUT2D eigenvalue weighted by atomic mass is 32.1. The van der Waals surface area contributed by atoms with Gasteiger partial charge in [0.05, 0.1) is 17.7 Å². The number of benzene rings is 1. The van der Waals surface area contributed by atoms with Crippen LogP contribution in [0, 0.1) is 11.3 Å². The van der Waals surface area contributed by atoms with Gasteiger partial charge in [0, 0.05) is 10.4 Å². The Morgan fingerprint density at radius 3 is 2.77 bits per heavy atom. The van der Waals surface area contributed by atoms with Gasteiger partial charge in [0.15, 0.2) is 0 Å². The molecule has 108 valence electrons. The van der Waals surface area contributed by atoms with Gasteiger partial charge < -0.3 is 5.32 Å². The first-order chi connectivity index (χ1) is 10.8. The number of rotatable bonds is 4. The van der Waals surface area contributed by atoms with Crippen molar-refractivity contribution in [1.29, 1.82) is 5.26 Å². The Morgan fingerprint density at radius 2 is 2.09 bits per heavy atom. The van der Waals surface area contributed by atoms with Crippen molar-refractivity contribution in [3.63, 3.8) is 0 Å². The van der Waals surface area contributed by atoms with Gasteiger partial charge in [-0.15, -0.1) is 11.3 Å². The van der Waals surface area contributed by atoms with Crippen molar-refractivity contribution in [3.05, 3.63) is 80.2 Å². The highest BCUT2D eigenvalue weighted by molar-refractivity contribution is 7.10. The molecule has 2 aromatic heterocycles. The summed E-state index contributed by atoms with van der Waals surface area (Å²) in [6.07, 6.45) is 0. The molecule has 1 atom stereocenters. The second-order valence-corrected chi connectivity index (χ2v) is 6.43. The first kappa shape index (κ1) is 14.5. The van der Waals surface area contributed by atoms with Crippen LogP contribution in [0.5, 0.6) is 0 Å². The summed E-state index contributed by atoms with van der Waals surface area (Å²) < 4.78 is 0. The molecule has 1 N–H and O–H groups in total. The third kappa shape index (κ3) is 3.08. The topological polar surface area (TPSA) is 52.9 Å². The summed E-state index contributed by atoms with van der Waals surface area (Å²) in [7, 11) is 0. The lowest BCUT2D eigenvalue weighted by molar-refractivity contribution is 0.0943. The van der Waals surface area contributed by atoms with Gasteiger partial charge in [-0.1, -0.05) is 12.1 Å². The van der Waals surface area contributed by atoms with Gasteiger partial charge in [-0.25, -0.2) is 0 Å². The molecule has 5 heteroatoms. The summed E-state index contributed by atoms with van der Waals surface area (Å²) in [6, 6.07) is 14.6. The molecule has 0 aliphatic carbocycles. The number of nitrogens with one attached hydrogen (secondary N) is 1. The number of amides is 1. The van der Waals surface area contributed by atoms with Crippen molar-refractivity contribution >= 4 is 28.6 Å². The van der Waals surface area contributed by atoms with Crippen LogP contribution in [-0.4, -0.2) is 5.91 Å². The van der Waals surface area contributed by atoms with Gasteiger partial charge in [-0.2, -0.15) is 16.6 Å². The van der Waals surface area contributed by atoms with Crippen molar-refractivity contribution in [1.82, 2.24) is 5.32 Å². The van der Waals surface area contributed by atoms with Crippen molar-refractivity contribution < 1.29 is 4.79 Å². The summed E-state index contributed by atoms with van der Waals surface area (Å²) >= 11 is 3.22. The van der Waals surface area contributed by atoms with E-state index >= 15 is 0 Å². The molecule has 0 radical (unpaired) electrons. The molecule has 1 unspecified atom stereocenters. The zero-order valence-corrected chi connectivity index (χ0v) is 13.2. The number of carbonyl (C=O) groups excluding carboxylic acids is 1. The molecule has 0 fully saturated rings. The summed E-state index contributed by atoms with van der Waals surface area (Å²) in [6.45, 7) is 0. The van der Waals surface area contributed by atoms with Gasteiger partial charge in [0.2, 0.25) is 0 Å². The number of hydrogen-bond acceptors (Lipinski definition) is 4. The normalized spacial score (nSPS) is 11.6.